The van der Waals surface area contributed by atoms with Crippen molar-refractivity contribution in [2.24, 2.45) is 5.92 Å². The molecule has 156 valence electrons. The van der Waals surface area contributed by atoms with E-state index in [4.69, 9.17) is 9.26 Å². The highest BCUT2D eigenvalue weighted by molar-refractivity contribution is 5.79. The summed E-state index contributed by atoms with van der Waals surface area (Å²) in [6.45, 7) is 3.25. The molecule has 1 saturated carbocycles. The van der Waals surface area contributed by atoms with Crippen LogP contribution in [0.15, 0.2) is 21.5 Å². The average molecular weight is 400 g/mol. The Balaban J connectivity index is 1.45. The lowest BCUT2D eigenvalue weighted by Gasteiger charge is -2.36. The summed E-state index contributed by atoms with van der Waals surface area (Å²) in [5, 5.41) is 10.8. The molecule has 4 rings (SSSR count). The zero-order valence-electron chi connectivity index (χ0n) is 17.0. The zero-order valence-corrected chi connectivity index (χ0v) is 17.0. The molecule has 0 radical (unpaired) electrons. The number of amides is 1. The molecule has 3 heterocycles. The summed E-state index contributed by atoms with van der Waals surface area (Å²) < 4.78 is 10.9. The van der Waals surface area contributed by atoms with Gasteiger partial charge in [-0.25, -0.2) is 5.10 Å². The van der Waals surface area contributed by atoms with Gasteiger partial charge in [0.05, 0.1) is 17.5 Å². The van der Waals surface area contributed by atoms with E-state index in [0.29, 0.717) is 24.4 Å². The monoisotopic (exact) mass is 400 g/mol. The summed E-state index contributed by atoms with van der Waals surface area (Å²) in [5.74, 6) is 1.05. The number of aromatic nitrogens is 3. The number of likely N-dealkylation sites (tertiary alicyclic amines) is 1. The standard InChI is InChI=1S/C21H28N4O4/c1-13-10-18(29-24-13)17-12-19(26)22-23-20(17)14-6-8-25(9-7-14)21(27)15-4-3-5-16(11-15)28-2/h10,12,14-16H,3-9,11H2,1-2H3,(H,22,26). The fourth-order valence-electron chi connectivity index (χ4n) is 4.63. The van der Waals surface area contributed by atoms with Gasteiger partial charge in [0.15, 0.2) is 5.76 Å². The fourth-order valence-corrected chi connectivity index (χ4v) is 4.63. The maximum Gasteiger partial charge on any atom is 0.264 e. The highest BCUT2D eigenvalue weighted by Crippen LogP contribution is 2.35. The van der Waals surface area contributed by atoms with Gasteiger partial charge in [-0.2, -0.15) is 5.10 Å². The van der Waals surface area contributed by atoms with Crippen molar-refractivity contribution < 1.29 is 14.1 Å². The van der Waals surface area contributed by atoms with Gasteiger partial charge in [0.25, 0.3) is 5.56 Å². The molecule has 2 aromatic heterocycles. The molecule has 8 nitrogen and oxygen atoms in total. The molecule has 1 amide bonds. The number of hydrogen-bond donors (Lipinski definition) is 1. The Labute approximate surface area is 169 Å². The molecule has 0 bridgehead atoms. The lowest BCUT2D eigenvalue weighted by Crippen LogP contribution is -2.43. The van der Waals surface area contributed by atoms with Gasteiger partial charge >= 0.3 is 0 Å². The van der Waals surface area contributed by atoms with Crippen molar-refractivity contribution in [1.29, 1.82) is 0 Å². The predicted octanol–water partition coefficient (Wildman–Crippen LogP) is 2.64. The van der Waals surface area contributed by atoms with E-state index < -0.39 is 0 Å². The lowest BCUT2D eigenvalue weighted by atomic mass is 9.84. The van der Waals surface area contributed by atoms with E-state index in [2.05, 4.69) is 15.4 Å². The first kappa shape index (κ1) is 19.8. The van der Waals surface area contributed by atoms with Gasteiger partial charge in [0, 0.05) is 49.7 Å². The molecule has 2 unspecified atom stereocenters. The van der Waals surface area contributed by atoms with Gasteiger partial charge in [-0.05, 0) is 39.0 Å². The Morgan fingerprint density at radius 1 is 1.24 bits per heavy atom. The topological polar surface area (TPSA) is 101 Å². The van der Waals surface area contributed by atoms with Gasteiger partial charge < -0.3 is 14.2 Å². The van der Waals surface area contributed by atoms with E-state index in [1.807, 2.05) is 17.9 Å². The van der Waals surface area contributed by atoms with Crippen LogP contribution in [0.4, 0.5) is 0 Å². The SMILES string of the molecule is COC1CCCC(C(=O)N2CCC(c3n[nH]c(=O)cc3-c3cc(C)no3)CC2)C1. The lowest BCUT2D eigenvalue weighted by molar-refractivity contribution is -0.139. The van der Waals surface area contributed by atoms with E-state index in [-0.39, 0.29) is 29.4 Å². The van der Waals surface area contributed by atoms with Crippen molar-refractivity contribution in [1.82, 2.24) is 20.3 Å². The Morgan fingerprint density at radius 3 is 2.72 bits per heavy atom. The molecule has 2 fully saturated rings. The predicted molar refractivity (Wildman–Crippen MR) is 106 cm³/mol. The minimum absolute atomic E-state index is 0.0733. The number of hydrogen-bond acceptors (Lipinski definition) is 6. The third kappa shape index (κ3) is 4.27. The van der Waals surface area contributed by atoms with E-state index in [0.717, 1.165) is 49.9 Å². The maximum absolute atomic E-state index is 13.0. The minimum atomic E-state index is -0.268. The summed E-state index contributed by atoms with van der Waals surface area (Å²) in [6, 6.07) is 3.33. The second-order valence-corrected chi connectivity index (χ2v) is 8.18. The zero-order chi connectivity index (χ0) is 20.4. The first-order chi connectivity index (χ1) is 14.0. The molecule has 1 aliphatic heterocycles. The molecule has 8 heteroatoms. The number of carbonyl (C=O) groups is 1. The third-order valence-electron chi connectivity index (χ3n) is 6.23. The van der Waals surface area contributed by atoms with Crippen LogP contribution in [0.2, 0.25) is 0 Å². The van der Waals surface area contributed by atoms with Crippen molar-refractivity contribution >= 4 is 5.91 Å². The van der Waals surface area contributed by atoms with Gasteiger partial charge in [-0.3, -0.25) is 9.59 Å². The number of aromatic amines is 1. The van der Waals surface area contributed by atoms with Gasteiger partial charge in [-0.15, -0.1) is 0 Å². The quantitative estimate of drug-likeness (QED) is 0.847. The molecule has 1 N–H and O–H groups in total. The molecule has 2 aliphatic rings. The molecular weight excluding hydrogens is 372 g/mol. The normalized spacial score (nSPS) is 23.3. The Morgan fingerprint density at radius 2 is 2.03 bits per heavy atom. The number of aryl methyl sites for hydroxylation is 1. The minimum Gasteiger partial charge on any atom is -0.381 e. The van der Waals surface area contributed by atoms with Crippen LogP contribution in [0.25, 0.3) is 11.3 Å². The number of H-pyrrole nitrogens is 1. The van der Waals surface area contributed by atoms with Crippen molar-refractivity contribution in [3.63, 3.8) is 0 Å². The largest absolute Gasteiger partial charge is 0.381 e. The van der Waals surface area contributed by atoms with Crippen LogP contribution in [-0.2, 0) is 9.53 Å². The van der Waals surface area contributed by atoms with Crippen LogP contribution in [0, 0.1) is 12.8 Å². The average Bonchev–Trinajstić information content (AvgIpc) is 3.19. The first-order valence-corrected chi connectivity index (χ1v) is 10.4. The van der Waals surface area contributed by atoms with Crippen LogP contribution < -0.4 is 5.56 Å². The highest BCUT2D eigenvalue weighted by Gasteiger charge is 2.33. The Kier molecular flexibility index (Phi) is 5.80. The molecule has 1 saturated heterocycles. The summed E-state index contributed by atoms with van der Waals surface area (Å²) in [4.78, 5) is 26.8. The van der Waals surface area contributed by atoms with E-state index >= 15 is 0 Å². The Hall–Kier alpha value is -2.48. The maximum atomic E-state index is 13.0. The second-order valence-electron chi connectivity index (χ2n) is 8.18. The Bertz CT molecular complexity index is 913. The second kappa shape index (κ2) is 8.49. The number of ether oxygens (including phenoxy) is 1. The number of nitrogens with one attached hydrogen (secondary N) is 1. The number of carbonyl (C=O) groups excluding carboxylic acids is 1. The van der Waals surface area contributed by atoms with Gasteiger partial charge in [0.2, 0.25) is 5.91 Å². The number of piperidine rings is 1. The van der Waals surface area contributed by atoms with Crippen LogP contribution in [0.3, 0.4) is 0 Å². The van der Waals surface area contributed by atoms with Crippen LogP contribution >= 0.6 is 0 Å². The van der Waals surface area contributed by atoms with Crippen molar-refractivity contribution in [2.75, 3.05) is 20.2 Å². The summed E-state index contributed by atoms with van der Waals surface area (Å²) >= 11 is 0. The molecule has 2 aromatic rings. The third-order valence-corrected chi connectivity index (χ3v) is 6.23. The smallest absolute Gasteiger partial charge is 0.264 e. The van der Waals surface area contributed by atoms with Crippen molar-refractivity contribution in [3.8, 4) is 11.3 Å². The van der Waals surface area contributed by atoms with Gasteiger partial charge in [0.1, 0.15) is 0 Å². The van der Waals surface area contributed by atoms with E-state index in [9.17, 15) is 9.59 Å². The van der Waals surface area contributed by atoms with Crippen molar-refractivity contribution in [2.45, 2.75) is 57.5 Å². The van der Waals surface area contributed by atoms with Crippen LogP contribution in [0.1, 0.15) is 55.8 Å². The number of rotatable bonds is 4. The molecular formula is C21H28N4O4. The van der Waals surface area contributed by atoms with Crippen LogP contribution in [0.5, 0.6) is 0 Å². The van der Waals surface area contributed by atoms with E-state index in [1.54, 1.807) is 7.11 Å². The molecule has 0 aromatic carbocycles. The van der Waals surface area contributed by atoms with Crippen molar-refractivity contribution in [3.05, 3.63) is 33.9 Å². The first-order valence-electron chi connectivity index (χ1n) is 10.4. The fraction of sp³-hybridized carbons (Fsp3) is 0.619. The van der Waals surface area contributed by atoms with E-state index in [1.165, 1.54) is 6.07 Å². The molecule has 2 atom stereocenters. The van der Waals surface area contributed by atoms with Gasteiger partial charge in [-0.1, -0.05) is 11.6 Å². The number of nitrogens with zero attached hydrogens (tertiary/aromatic N) is 3. The number of methoxy groups -OCH3 is 1. The highest BCUT2D eigenvalue weighted by atomic mass is 16.5. The molecule has 1 aliphatic carbocycles. The summed E-state index contributed by atoms with van der Waals surface area (Å²) in [7, 11) is 1.73. The summed E-state index contributed by atoms with van der Waals surface area (Å²) in [5.41, 5.74) is 1.99. The summed E-state index contributed by atoms with van der Waals surface area (Å²) in [6.07, 6.45) is 5.70. The van der Waals surface area contributed by atoms with Crippen LogP contribution in [-0.4, -0.2) is 52.5 Å². The molecule has 0 spiro atoms. The molecule has 29 heavy (non-hydrogen) atoms.